The van der Waals surface area contributed by atoms with Crippen molar-refractivity contribution in [1.29, 1.82) is 0 Å². The van der Waals surface area contributed by atoms with E-state index in [0.717, 1.165) is 22.0 Å². The molecule has 4 heteroatoms. The van der Waals surface area contributed by atoms with Crippen molar-refractivity contribution < 1.29 is 4.74 Å². The largest absolute Gasteiger partial charge is 0.487 e. The van der Waals surface area contributed by atoms with E-state index in [1.54, 1.807) is 11.3 Å². The van der Waals surface area contributed by atoms with Gasteiger partial charge in [0.2, 0.25) is 0 Å². The summed E-state index contributed by atoms with van der Waals surface area (Å²) < 4.78 is 5.72. The van der Waals surface area contributed by atoms with Gasteiger partial charge in [-0.2, -0.15) is 0 Å². The van der Waals surface area contributed by atoms with E-state index in [-0.39, 0.29) is 5.41 Å². The molecule has 0 bridgehead atoms. The molecular formula is C15H20N2OS. The molecule has 3 nitrogen and oxygen atoms in total. The third kappa shape index (κ3) is 3.78. The van der Waals surface area contributed by atoms with Gasteiger partial charge in [-0.1, -0.05) is 32.9 Å². The Bertz CT molecular complexity index is 526. The van der Waals surface area contributed by atoms with E-state index < -0.39 is 0 Å². The Labute approximate surface area is 118 Å². The Kier molecular flexibility index (Phi) is 4.22. The Morgan fingerprint density at radius 3 is 2.42 bits per heavy atom. The normalized spacial score (nSPS) is 11.6. The van der Waals surface area contributed by atoms with Crippen LogP contribution in [-0.2, 0) is 18.6 Å². The molecule has 1 heterocycles. The van der Waals surface area contributed by atoms with Crippen molar-refractivity contribution in [2.75, 3.05) is 0 Å². The highest BCUT2D eigenvalue weighted by Gasteiger charge is 2.17. The van der Waals surface area contributed by atoms with Crippen LogP contribution in [0.25, 0.3) is 0 Å². The number of aromatic nitrogens is 1. The molecule has 1 aromatic carbocycles. The zero-order chi connectivity index (χ0) is 13.9. The summed E-state index contributed by atoms with van der Waals surface area (Å²) in [6, 6.07) is 7.85. The lowest BCUT2D eigenvalue weighted by molar-refractivity contribution is 0.301. The summed E-state index contributed by atoms with van der Waals surface area (Å²) in [4.78, 5) is 4.60. The molecule has 0 atom stereocenters. The molecule has 102 valence electrons. The third-order valence-corrected chi connectivity index (χ3v) is 4.06. The van der Waals surface area contributed by atoms with Gasteiger partial charge in [0.1, 0.15) is 12.4 Å². The monoisotopic (exact) mass is 276 g/mol. The fourth-order valence-electron chi connectivity index (χ4n) is 1.60. The third-order valence-electron chi connectivity index (χ3n) is 2.74. The SMILES string of the molecule is CC(C)(C)c1nc(COc2ccc(CN)cc2)cs1. The highest BCUT2D eigenvalue weighted by molar-refractivity contribution is 7.09. The molecule has 0 spiro atoms. The molecule has 1 aromatic heterocycles. The molecule has 0 saturated heterocycles. The van der Waals surface area contributed by atoms with E-state index in [0.29, 0.717) is 13.2 Å². The molecule has 19 heavy (non-hydrogen) atoms. The number of rotatable bonds is 4. The molecule has 0 saturated carbocycles. The first-order chi connectivity index (χ1) is 8.99. The predicted molar refractivity (Wildman–Crippen MR) is 79.5 cm³/mol. The second kappa shape index (κ2) is 5.72. The maximum atomic E-state index is 5.72. The van der Waals surface area contributed by atoms with Crippen molar-refractivity contribution in [3.05, 3.63) is 45.9 Å². The van der Waals surface area contributed by atoms with Gasteiger partial charge in [0.05, 0.1) is 10.7 Å². The van der Waals surface area contributed by atoms with Crippen LogP contribution < -0.4 is 10.5 Å². The number of ether oxygens (including phenoxy) is 1. The number of nitrogens with two attached hydrogens (primary N) is 1. The molecule has 2 rings (SSSR count). The summed E-state index contributed by atoms with van der Waals surface area (Å²) in [6.45, 7) is 7.57. The molecule has 0 fully saturated rings. The van der Waals surface area contributed by atoms with Gasteiger partial charge in [-0.25, -0.2) is 4.98 Å². The van der Waals surface area contributed by atoms with Gasteiger partial charge in [-0.3, -0.25) is 0 Å². The van der Waals surface area contributed by atoms with Crippen molar-refractivity contribution in [3.8, 4) is 5.75 Å². The van der Waals surface area contributed by atoms with Gasteiger partial charge in [-0.15, -0.1) is 11.3 Å². The first-order valence-corrected chi connectivity index (χ1v) is 7.23. The van der Waals surface area contributed by atoms with E-state index in [4.69, 9.17) is 10.5 Å². The van der Waals surface area contributed by atoms with E-state index in [1.165, 1.54) is 0 Å². The van der Waals surface area contributed by atoms with Gasteiger partial charge in [0, 0.05) is 17.3 Å². The molecule has 2 aromatic rings. The maximum absolute atomic E-state index is 5.72. The lowest BCUT2D eigenvalue weighted by Crippen LogP contribution is -2.10. The second-order valence-electron chi connectivity index (χ2n) is 5.53. The highest BCUT2D eigenvalue weighted by Crippen LogP contribution is 2.26. The molecular weight excluding hydrogens is 256 g/mol. The lowest BCUT2D eigenvalue weighted by Gasteiger charge is -2.13. The van der Waals surface area contributed by atoms with E-state index in [1.807, 2.05) is 24.3 Å². The van der Waals surface area contributed by atoms with Crippen LogP contribution in [0.4, 0.5) is 0 Å². The average Bonchev–Trinajstić information content (AvgIpc) is 2.86. The summed E-state index contributed by atoms with van der Waals surface area (Å²) in [5.41, 5.74) is 7.75. The van der Waals surface area contributed by atoms with Crippen LogP contribution >= 0.6 is 11.3 Å². The summed E-state index contributed by atoms with van der Waals surface area (Å²) in [7, 11) is 0. The Morgan fingerprint density at radius 1 is 1.21 bits per heavy atom. The lowest BCUT2D eigenvalue weighted by atomic mass is 9.98. The van der Waals surface area contributed by atoms with Gasteiger partial charge in [0.25, 0.3) is 0 Å². The van der Waals surface area contributed by atoms with Crippen LogP contribution in [0.3, 0.4) is 0 Å². The zero-order valence-corrected chi connectivity index (χ0v) is 12.5. The minimum Gasteiger partial charge on any atom is -0.487 e. The van der Waals surface area contributed by atoms with Crippen molar-refractivity contribution >= 4 is 11.3 Å². The Hall–Kier alpha value is -1.39. The summed E-state index contributed by atoms with van der Waals surface area (Å²) >= 11 is 1.69. The predicted octanol–water partition coefficient (Wildman–Crippen LogP) is 3.48. The number of hydrogen-bond acceptors (Lipinski definition) is 4. The number of benzene rings is 1. The van der Waals surface area contributed by atoms with Crippen molar-refractivity contribution in [1.82, 2.24) is 4.98 Å². The summed E-state index contributed by atoms with van der Waals surface area (Å²) in [6.07, 6.45) is 0. The standard InChI is InChI=1S/C15H20N2OS/c1-15(2,3)14-17-12(10-19-14)9-18-13-6-4-11(8-16)5-7-13/h4-7,10H,8-9,16H2,1-3H3. The Balaban J connectivity index is 1.96. The van der Waals surface area contributed by atoms with E-state index >= 15 is 0 Å². The molecule has 0 aliphatic carbocycles. The molecule has 0 amide bonds. The first kappa shape index (κ1) is 14.0. The fourth-order valence-corrected chi connectivity index (χ4v) is 2.49. The summed E-state index contributed by atoms with van der Waals surface area (Å²) in [5, 5.41) is 3.21. The Morgan fingerprint density at radius 2 is 1.89 bits per heavy atom. The minimum atomic E-state index is 0.103. The van der Waals surface area contributed by atoms with Crippen molar-refractivity contribution in [2.45, 2.75) is 39.3 Å². The highest BCUT2D eigenvalue weighted by atomic mass is 32.1. The van der Waals surface area contributed by atoms with Crippen LogP contribution in [0.2, 0.25) is 0 Å². The van der Waals surface area contributed by atoms with Gasteiger partial charge >= 0.3 is 0 Å². The van der Waals surface area contributed by atoms with Gasteiger partial charge in [-0.05, 0) is 17.7 Å². The number of hydrogen-bond donors (Lipinski definition) is 1. The molecule has 0 aliphatic rings. The van der Waals surface area contributed by atoms with Crippen LogP contribution in [-0.4, -0.2) is 4.98 Å². The van der Waals surface area contributed by atoms with Crippen LogP contribution in [0.5, 0.6) is 5.75 Å². The fraction of sp³-hybridized carbons (Fsp3) is 0.400. The van der Waals surface area contributed by atoms with E-state index in [9.17, 15) is 0 Å². The number of nitrogens with zero attached hydrogens (tertiary/aromatic N) is 1. The zero-order valence-electron chi connectivity index (χ0n) is 11.6. The van der Waals surface area contributed by atoms with Crippen LogP contribution in [0.15, 0.2) is 29.6 Å². The molecule has 0 unspecified atom stereocenters. The maximum Gasteiger partial charge on any atom is 0.131 e. The average molecular weight is 276 g/mol. The number of thiazole rings is 1. The second-order valence-corrected chi connectivity index (χ2v) is 6.39. The smallest absolute Gasteiger partial charge is 0.131 e. The van der Waals surface area contributed by atoms with Crippen molar-refractivity contribution in [2.24, 2.45) is 5.73 Å². The van der Waals surface area contributed by atoms with Crippen molar-refractivity contribution in [3.63, 3.8) is 0 Å². The van der Waals surface area contributed by atoms with Gasteiger partial charge in [0.15, 0.2) is 0 Å². The molecule has 2 N–H and O–H groups in total. The summed E-state index contributed by atoms with van der Waals surface area (Å²) in [5.74, 6) is 0.850. The first-order valence-electron chi connectivity index (χ1n) is 6.36. The minimum absolute atomic E-state index is 0.103. The topological polar surface area (TPSA) is 48.1 Å². The van der Waals surface area contributed by atoms with Crippen LogP contribution in [0.1, 0.15) is 37.0 Å². The van der Waals surface area contributed by atoms with Crippen LogP contribution in [0, 0.1) is 0 Å². The van der Waals surface area contributed by atoms with Gasteiger partial charge < -0.3 is 10.5 Å². The molecule has 0 radical (unpaired) electrons. The molecule has 0 aliphatic heterocycles. The van der Waals surface area contributed by atoms with E-state index in [2.05, 4.69) is 31.1 Å². The quantitative estimate of drug-likeness (QED) is 0.930.